The van der Waals surface area contributed by atoms with Crippen molar-refractivity contribution >= 4 is 16.8 Å². The van der Waals surface area contributed by atoms with E-state index in [2.05, 4.69) is 34.1 Å². The van der Waals surface area contributed by atoms with Crippen molar-refractivity contribution in [3.8, 4) is 11.3 Å². The molecule has 1 aliphatic heterocycles. The molecule has 4 aromatic rings. The van der Waals surface area contributed by atoms with Crippen LogP contribution in [0.1, 0.15) is 21.5 Å². The molecular weight excluding hydrogens is 396 g/mol. The van der Waals surface area contributed by atoms with E-state index in [0.717, 1.165) is 60.4 Å². The number of carbonyl (C=O) groups excluding carboxylic acids is 1. The molecule has 5 rings (SSSR count). The van der Waals surface area contributed by atoms with Crippen LogP contribution in [0.5, 0.6) is 0 Å². The van der Waals surface area contributed by atoms with Gasteiger partial charge in [0.05, 0.1) is 16.8 Å². The summed E-state index contributed by atoms with van der Waals surface area (Å²) >= 11 is 0. The van der Waals surface area contributed by atoms with E-state index in [1.54, 1.807) is 12.4 Å². The number of hydrogen-bond acceptors (Lipinski definition) is 4. The summed E-state index contributed by atoms with van der Waals surface area (Å²) in [6.07, 6.45) is 3.54. The van der Waals surface area contributed by atoms with Gasteiger partial charge in [0, 0.05) is 56.1 Å². The van der Waals surface area contributed by atoms with Gasteiger partial charge in [0.1, 0.15) is 0 Å². The fourth-order valence-electron chi connectivity index (χ4n) is 4.35. The smallest absolute Gasteiger partial charge is 0.254 e. The lowest BCUT2D eigenvalue weighted by Crippen LogP contribution is -2.48. The van der Waals surface area contributed by atoms with Crippen molar-refractivity contribution in [1.29, 1.82) is 0 Å². The quantitative estimate of drug-likeness (QED) is 0.484. The lowest BCUT2D eigenvalue weighted by Gasteiger charge is -2.35. The first-order valence-corrected chi connectivity index (χ1v) is 11.1. The summed E-state index contributed by atoms with van der Waals surface area (Å²) in [5.74, 6) is 0.0764. The van der Waals surface area contributed by atoms with Crippen molar-refractivity contribution in [1.82, 2.24) is 19.8 Å². The molecule has 1 aliphatic rings. The number of carbonyl (C=O) groups is 1. The van der Waals surface area contributed by atoms with E-state index < -0.39 is 0 Å². The van der Waals surface area contributed by atoms with Crippen molar-refractivity contribution in [2.24, 2.45) is 0 Å². The maximum absolute atomic E-state index is 13.6. The first kappa shape index (κ1) is 20.3. The van der Waals surface area contributed by atoms with Crippen LogP contribution in [0.15, 0.2) is 79.1 Å². The molecule has 1 amide bonds. The Morgan fingerprint density at radius 2 is 1.75 bits per heavy atom. The van der Waals surface area contributed by atoms with Gasteiger partial charge >= 0.3 is 0 Å². The molecule has 5 nitrogen and oxygen atoms in total. The fraction of sp³-hybridized carbons (Fsp3) is 0.222. The summed E-state index contributed by atoms with van der Waals surface area (Å²) in [6.45, 7) is 6.16. The third-order valence-electron chi connectivity index (χ3n) is 6.14. The summed E-state index contributed by atoms with van der Waals surface area (Å²) in [5, 5.41) is 0.911. The van der Waals surface area contributed by atoms with Crippen LogP contribution in [0.3, 0.4) is 0 Å². The number of aryl methyl sites for hydroxylation is 1. The lowest BCUT2D eigenvalue weighted by atomic mass is 10.0. The van der Waals surface area contributed by atoms with E-state index in [4.69, 9.17) is 4.98 Å². The third-order valence-corrected chi connectivity index (χ3v) is 6.14. The predicted molar refractivity (Wildman–Crippen MR) is 127 cm³/mol. The van der Waals surface area contributed by atoms with Crippen LogP contribution in [0, 0.1) is 6.92 Å². The predicted octanol–water partition coefficient (Wildman–Crippen LogP) is 4.56. The van der Waals surface area contributed by atoms with Gasteiger partial charge in [0.25, 0.3) is 5.91 Å². The number of nitrogens with zero attached hydrogens (tertiary/aromatic N) is 4. The average molecular weight is 423 g/mol. The molecule has 0 bridgehead atoms. The van der Waals surface area contributed by atoms with E-state index in [9.17, 15) is 4.79 Å². The van der Waals surface area contributed by atoms with Crippen LogP contribution >= 0.6 is 0 Å². The Morgan fingerprint density at radius 3 is 2.50 bits per heavy atom. The Kier molecular flexibility index (Phi) is 5.65. The Balaban J connectivity index is 1.41. The highest BCUT2D eigenvalue weighted by molar-refractivity contribution is 6.07. The second-order valence-corrected chi connectivity index (χ2v) is 8.32. The number of hydrogen-bond donors (Lipinski definition) is 0. The number of amides is 1. The number of para-hydroxylation sites is 1. The molecule has 0 unspecified atom stereocenters. The standard InChI is InChI=1S/C27H26N4O/c1-20-7-5-11-23-24(17-25(29-26(20)23)22-10-6-12-28-18-22)27(32)31-15-13-30(14-16-31)19-21-8-3-2-4-9-21/h2-12,17-18H,13-16,19H2,1H3. The van der Waals surface area contributed by atoms with Gasteiger partial charge in [-0.3, -0.25) is 14.7 Å². The summed E-state index contributed by atoms with van der Waals surface area (Å²) in [7, 11) is 0. The van der Waals surface area contributed by atoms with Gasteiger partial charge in [-0.15, -0.1) is 0 Å². The number of rotatable bonds is 4. The molecule has 0 N–H and O–H groups in total. The Bertz CT molecular complexity index is 1230. The number of pyridine rings is 2. The molecule has 1 fully saturated rings. The van der Waals surface area contributed by atoms with Crippen molar-refractivity contribution < 1.29 is 4.79 Å². The molecule has 2 aromatic heterocycles. The highest BCUT2D eigenvalue weighted by Crippen LogP contribution is 2.27. The van der Waals surface area contributed by atoms with Crippen LogP contribution in [-0.2, 0) is 6.54 Å². The SMILES string of the molecule is Cc1cccc2c(C(=O)N3CCN(Cc4ccccc4)CC3)cc(-c3cccnc3)nc12. The summed E-state index contributed by atoms with van der Waals surface area (Å²) in [5.41, 5.74) is 5.67. The molecule has 0 saturated carbocycles. The van der Waals surface area contributed by atoms with Crippen molar-refractivity contribution in [3.63, 3.8) is 0 Å². The number of benzene rings is 2. The zero-order valence-electron chi connectivity index (χ0n) is 18.2. The summed E-state index contributed by atoms with van der Waals surface area (Å²) in [4.78, 5) is 27.1. The average Bonchev–Trinajstić information content (AvgIpc) is 2.85. The van der Waals surface area contributed by atoms with Crippen molar-refractivity contribution in [2.45, 2.75) is 13.5 Å². The molecule has 0 spiro atoms. The lowest BCUT2D eigenvalue weighted by molar-refractivity contribution is 0.0630. The Labute approximate surface area is 188 Å². The molecule has 2 aromatic carbocycles. The van der Waals surface area contributed by atoms with E-state index in [-0.39, 0.29) is 5.91 Å². The summed E-state index contributed by atoms with van der Waals surface area (Å²) < 4.78 is 0. The maximum atomic E-state index is 13.6. The van der Waals surface area contributed by atoms with Gasteiger partial charge in [-0.2, -0.15) is 0 Å². The molecular formula is C27H26N4O. The minimum Gasteiger partial charge on any atom is -0.336 e. The van der Waals surface area contributed by atoms with Crippen LogP contribution in [-0.4, -0.2) is 51.9 Å². The maximum Gasteiger partial charge on any atom is 0.254 e. The second kappa shape index (κ2) is 8.89. The monoisotopic (exact) mass is 422 g/mol. The molecule has 0 radical (unpaired) electrons. The second-order valence-electron chi connectivity index (χ2n) is 8.32. The molecule has 160 valence electrons. The minimum atomic E-state index is 0.0764. The molecule has 3 heterocycles. The van der Waals surface area contributed by atoms with Crippen LogP contribution < -0.4 is 0 Å². The molecule has 1 saturated heterocycles. The highest BCUT2D eigenvalue weighted by atomic mass is 16.2. The van der Waals surface area contributed by atoms with E-state index in [1.165, 1.54) is 5.56 Å². The third kappa shape index (κ3) is 4.12. The topological polar surface area (TPSA) is 49.3 Å². The molecule has 32 heavy (non-hydrogen) atoms. The number of piperazine rings is 1. The van der Waals surface area contributed by atoms with Gasteiger partial charge in [0.2, 0.25) is 0 Å². The fourth-order valence-corrected chi connectivity index (χ4v) is 4.35. The minimum absolute atomic E-state index is 0.0764. The molecule has 0 aliphatic carbocycles. The van der Waals surface area contributed by atoms with Crippen LogP contribution in [0.2, 0.25) is 0 Å². The largest absolute Gasteiger partial charge is 0.336 e. The zero-order valence-corrected chi connectivity index (χ0v) is 18.2. The van der Waals surface area contributed by atoms with Crippen molar-refractivity contribution in [3.05, 3.63) is 95.8 Å². The van der Waals surface area contributed by atoms with Crippen LogP contribution in [0.25, 0.3) is 22.2 Å². The van der Waals surface area contributed by atoms with Gasteiger partial charge in [-0.1, -0.05) is 48.5 Å². The van der Waals surface area contributed by atoms with Gasteiger partial charge in [-0.05, 0) is 36.2 Å². The van der Waals surface area contributed by atoms with E-state index in [0.29, 0.717) is 5.56 Å². The first-order valence-electron chi connectivity index (χ1n) is 11.1. The van der Waals surface area contributed by atoms with E-state index >= 15 is 0 Å². The Morgan fingerprint density at radius 1 is 0.938 bits per heavy atom. The van der Waals surface area contributed by atoms with Crippen LogP contribution in [0.4, 0.5) is 0 Å². The molecule has 5 heteroatoms. The number of fused-ring (bicyclic) bond motifs is 1. The number of aromatic nitrogens is 2. The Hall–Kier alpha value is -3.57. The first-order chi connectivity index (χ1) is 15.7. The van der Waals surface area contributed by atoms with Gasteiger partial charge < -0.3 is 4.90 Å². The van der Waals surface area contributed by atoms with Gasteiger partial charge in [0.15, 0.2) is 0 Å². The van der Waals surface area contributed by atoms with Crippen molar-refractivity contribution in [2.75, 3.05) is 26.2 Å². The molecule has 0 atom stereocenters. The zero-order chi connectivity index (χ0) is 21.9. The normalized spacial score (nSPS) is 14.6. The van der Waals surface area contributed by atoms with Gasteiger partial charge in [-0.25, -0.2) is 4.98 Å². The highest BCUT2D eigenvalue weighted by Gasteiger charge is 2.24. The van der Waals surface area contributed by atoms with E-state index in [1.807, 2.05) is 54.3 Å². The summed E-state index contributed by atoms with van der Waals surface area (Å²) in [6, 6.07) is 22.3.